The van der Waals surface area contributed by atoms with Gasteiger partial charge in [-0.25, -0.2) is 0 Å². The largest absolute Gasteiger partial charge is 0.314 e. The first-order chi connectivity index (χ1) is 12.7. The number of rotatable bonds is 4. The molecule has 140 valence electrons. The van der Waals surface area contributed by atoms with E-state index in [9.17, 15) is 9.59 Å². The smallest absolute Gasteiger partial charge is 0.229 e. The standard InChI is InChI=1S/C22H23ClN2O2/c1-22(2,3)25-20-19(15-9-11-16(23)12-10-15)17(21(27)24-20)13-18(26)14-7-5-4-6-8-14/h4-12,17,19H,13H2,1-3H3,(H,24,25,27). The SMILES string of the molecule is CC(C)(C)N=C1NC(=O)C(CC(=O)c2ccccc2)C1c1ccc(Cl)cc1. The lowest BCUT2D eigenvalue weighted by Gasteiger charge is -2.20. The number of carbonyl (C=O) groups is 2. The molecule has 5 heteroatoms. The van der Waals surface area contributed by atoms with Gasteiger partial charge in [0.2, 0.25) is 5.91 Å². The summed E-state index contributed by atoms with van der Waals surface area (Å²) in [6.45, 7) is 5.94. The third kappa shape index (κ3) is 4.64. The van der Waals surface area contributed by atoms with Gasteiger partial charge in [0.1, 0.15) is 5.84 Å². The van der Waals surface area contributed by atoms with Crippen molar-refractivity contribution in [3.05, 3.63) is 70.7 Å². The summed E-state index contributed by atoms with van der Waals surface area (Å²) in [6.07, 6.45) is 0.131. The minimum Gasteiger partial charge on any atom is -0.314 e. The zero-order valence-corrected chi connectivity index (χ0v) is 16.5. The Balaban J connectivity index is 1.97. The Morgan fingerprint density at radius 3 is 2.30 bits per heavy atom. The average molecular weight is 383 g/mol. The Morgan fingerprint density at radius 1 is 1.07 bits per heavy atom. The Bertz CT molecular complexity index is 867. The molecule has 2 unspecified atom stereocenters. The van der Waals surface area contributed by atoms with Crippen LogP contribution in [-0.4, -0.2) is 23.1 Å². The number of amidine groups is 1. The summed E-state index contributed by atoms with van der Waals surface area (Å²) in [4.78, 5) is 30.2. The summed E-state index contributed by atoms with van der Waals surface area (Å²) in [5.74, 6) is -0.392. The summed E-state index contributed by atoms with van der Waals surface area (Å²) in [5, 5.41) is 3.53. The van der Waals surface area contributed by atoms with E-state index in [4.69, 9.17) is 16.6 Å². The van der Waals surface area contributed by atoms with E-state index in [0.29, 0.717) is 16.4 Å². The number of hydrogen-bond acceptors (Lipinski definition) is 3. The summed E-state index contributed by atoms with van der Waals surface area (Å²) >= 11 is 6.02. The van der Waals surface area contributed by atoms with Crippen LogP contribution >= 0.6 is 11.6 Å². The summed E-state index contributed by atoms with van der Waals surface area (Å²) < 4.78 is 0. The average Bonchev–Trinajstić information content (AvgIpc) is 2.90. The van der Waals surface area contributed by atoms with Crippen molar-refractivity contribution < 1.29 is 9.59 Å². The molecule has 0 saturated carbocycles. The van der Waals surface area contributed by atoms with E-state index in [1.807, 2.05) is 51.1 Å². The van der Waals surface area contributed by atoms with Gasteiger partial charge in [0.05, 0.1) is 17.4 Å². The van der Waals surface area contributed by atoms with Crippen LogP contribution in [0.25, 0.3) is 0 Å². The van der Waals surface area contributed by atoms with Gasteiger partial charge in [0.15, 0.2) is 5.78 Å². The number of carbonyl (C=O) groups excluding carboxylic acids is 2. The summed E-state index contributed by atoms with van der Waals surface area (Å²) in [7, 11) is 0. The van der Waals surface area contributed by atoms with Crippen molar-refractivity contribution in [2.45, 2.75) is 38.6 Å². The molecule has 1 fully saturated rings. The summed E-state index contributed by atoms with van der Waals surface area (Å²) in [6, 6.07) is 16.4. The van der Waals surface area contributed by atoms with Crippen molar-refractivity contribution >= 4 is 29.1 Å². The van der Waals surface area contributed by atoms with Crippen molar-refractivity contribution in [3.63, 3.8) is 0 Å². The van der Waals surface area contributed by atoms with Gasteiger partial charge in [-0.05, 0) is 38.5 Å². The first-order valence-corrected chi connectivity index (χ1v) is 9.37. The molecule has 27 heavy (non-hydrogen) atoms. The number of aliphatic imine (C=N–C) groups is 1. The molecule has 1 aliphatic rings. The van der Waals surface area contributed by atoms with E-state index in [1.54, 1.807) is 24.3 Å². The van der Waals surface area contributed by atoms with E-state index < -0.39 is 5.92 Å². The monoisotopic (exact) mass is 382 g/mol. The first kappa shape index (κ1) is 19.3. The van der Waals surface area contributed by atoms with E-state index in [1.165, 1.54) is 0 Å². The van der Waals surface area contributed by atoms with Crippen LogP contribution in [0.5, 0.6) is 0 Å². The first-order valence-electron chi connectivity index (χ1n) is 8.99. The fourth-order valence-corrected chi connectivity index (χ4v) is 3.44. The molecule has 0 radical (unpaired) electrons. The van der Waals surface area contributed by atoms with Gasteiger partial charge in [-0.1, -0.05) is 54.1 Å². The van der Waals surface area contributed by atoms with Crippen LogP contribution in [-0.2, 0) is 4.79 Å². The van der Waals surface area contributed by atoms with Gasteiger partial charge >= 0.3 is 0 Å². The van der Waals surface area contributed by atoms with Crippen molar-refractivity contribution in [3.8, 4) is 0 Å². The third-order valence-corrected chi connectivity index (χ3v) is 4.72. The molecular formula is C22H23ClN2O2. The Morgan fingerprint density at radius 2 is 1.70 bits per heavy atom. The number of hydrogen-bond donors (Lipinski definition) is 1. The third-order valence-electron chi connectivity index (χ3n) is 4.47. The van der Waals surface area contributed by atoms with Gasteiger partial charge in [0.25, 0.3) is 0 Å². The highest BCUT2D eigenvalue weighted by Gasteiger charge is 2.42. The van der Waals surface area contributed by atoms with Crippen LogP contribution in [0, 0.1) is 5.92 Å². The van der Waals surface area contributed by atoms with Crippen molar-refractivity contribution in [2.75, 3.05) is 0 Å². The van der Waals surface area contributed by atoms with Crippen LogP contribution < -0.4 is 5.32 Å². The molecule has 4 nitrogen and oxygen atoms in total. The Hall–Kier alpha value is -2.46. The molecule has 2 aromatic rings. The van der Waals surface area contributed by atoms with Crippen molar-refractivity contribution in [2.24, 2.45) is 10.9 Å². The molecule has 0 spiro atoms. The normalized spacial score (nSPS) is 21.3. The number of amides is 1. The molecule has 0 aliphatic carbocycles. The predicted octanol–water partition coefficient (Wildman–Crippen LogP) is 4.64. The van der Waals surface area contributed by atoms with Crippen LogP contribution in [0.3, 0.4) is 0 Å². The topological polar surface area (TPSA) is 58.5 Å². The number of nitrogens with one attached hydrogen (secondary N) is 1. The molecule has 1 N–H and O–H groups in total. The molecule has 1 saturated heterocycles. The maximum absolute atomic E-state index is 12.7. The fraction of sp³-hybridized carbons (Fsp3) is 0.318. The van der Waals surface area contributed by atoms with E-state index in [0.717, 1.165) is 5.56 Å². The lowest BCUT2D eigenvalue weighted by Crippen LogP contribution is -2.26. The zero-order valence-electron chi connectivity index (χ0n) is 15.7. The van der Waals surface area contributed by atoms with Gasteiger partial charge in [-0.2, -0.15) is 0 Å². The highest BCUT2D eigenvalue weighted by molar-refractivity contribution is 6.30. The highest BCUT2D eigenvalue weighted by atomic mass is 35.5. The predicted molar refractivity (Wildman–Crippen MR) is 108 cm³/mol. The minimum atomic E-state index is -0.500. The molecule has 3 rings (SSSR count). The van der Waals surface area contributed by atoms with Gasteiger partial charge in [-0.15, -0.1) is 0 Å². The molecule has 0 aromatic heterocycles. The molecule has 1 heterocycles. The lowest BCUT2D eigenvalue weighted by molar-refractivity contribution is -0.122. The molecule has 2 aromatic carbocycles. The lowest BCUT2D eigenvalue weighted by atomic mass is 9.83. The molecule has 1 amide bonds. The minimum absolute atomic E-state index is 0.0493. The van der Waals surface area contributed by atoms with Gasteiger partial charge in [0, 0.05) is 17.0 Å². The quantitative estimate of drug-likeness (QED) is 0.783. The second-order valence-electron chi connectivity index (χ2n) is 7.79. The fourth-order valence-electron chi connectivity index (χ4n) is 3.31. The van der Waals surface area contributed by atoms with Gasteiger partial charge < -0.3 is 5.32 Å². The second-order valence-corrected chi connectivity index (χ2v) is 8.22. The van der Waals surface area contributed by atoms with Crippen LogP contribution in [0.1, 0.15) is 49.0 Å². The van der Waals surface area contributed by atoms with E-state index >= 15 is 0 Å². The van der Waals surface area contributed by atoms with Crippen molar-refractivity contribution in [1.29, 1.82) is 0 Å². The molecule has 2 atom stereocenters. The number of benzene rings is 2. The second kappa shape index (κ2) is 7.65. The zero-order chi connectivity index (χ0) is 19.6. The van der Waals surface area contributed by atoms with E-state index in [-0.39, 0.29) is 29.6 Å². The highest BCUT2D eigenvalue weighted by Crippen LogP contribution is 2.35. The van der Waals surface area contributed by atoms with Gasteiger partial charge in [-0.3, -0.25) is 14.6 Å². The number of ketones is 1. The van der Waals surface area contributed by atoms with E-state index in [2.05, 4.69) is 5.32 Å². The van der Waals surface area contributed by atoms with Crippen molar-refractivity contribution in [1.82, 2.24) is 5.32 Å². The van der Waals surface area contributed by atoms with Crippen LogP contribution in [0.15, 0.2) is 59.6 Å². The number of halogens is 1. The maximum Gasteiger partial charge on any atom is 0.229 e. The van der Waals surface area contributed by atoms with Crippen LogP contribution in [0.4, 0.5) is 0 Å². The number of nitrogens with zero attached hydrogens (tertiary/aromatic N) is 1. The number of Topliss-reactive ketones (excluding diaryl/α,β-unsaturated/α-hetero) is 1. The maximum atomic E-state index is 12.7. The molecular weight excluding hydrogens is 360 g/mol. The molecule has 0 bridgehead atoms. The summed E-state index contributed by atoms with van der Waals surface area (Å²) in [5.41, 5.74) is 1.19. The Labute approximate surface area is 164 Å². The molecule has 1 aliphatic heterocycles. The Kier molecular flexibility index (Phi) is 5.47. The van der Waals surface area contributed by atoms with Crippen LogP contribution in [0.2, 0.25) is 5.02 Å².